The summed E-state index contributed by atoms with van der Waals surface area (Å²) >= 11 is 5.19. The zero-order valence-electron chi connectivity index (χ0n) is 10.8. The van der Waals surface area contributed by atoms with Gasteiger partial charge in [0.2, 0.25) is 0 Å². The van der Waals surface area contributed by atoms with Crippen LogP contribution in [0.2, 0.25) is 0 Å². The van der Waals surface area contributed by atoms with Gasteiger partial charge in [-0.1, -0.05) is 31.4 Å². The molecule has 0 amide bonds. The summed E-state index contributed by atoms with van der Waals surface area (Å²) in [6, 6.07) is 7.38. The van der Waals surface area contributed by atoms with E-state index in [-0.39, 0.29) is 5.75 Å². The molecule has 0 radical (unpaired) electrons. The number of nitrogens with one attached hydrogen (secondary N) is 2. The van der Waals surface area contributed by atoms with Crippen LogP contribution in [-0.4, -0.2) is 22.5 Å². The molecule has 0 unspecified atom stereocenters. The molecular formula is C14H19N3OS. The molecular weight excluding hydrogens is 258 g/mol. The number of rotatable bonds is 3. The average Bonchev–Trinajstić information content (AvgIpc) is 2.40. The molecule has 1 saturated carbocycles. The minimum absolute atomic E-state index is 0.229. The van der Waals surface area contributed by atoms with E-state index in [1.165, 1.54) is 32.1 Å². The molecule has 1 aromatic rings. The molecule has 0 atom stereocenters. The van der Waals surface area contributed by atoms with Gasteiger partial charge in [0.15, 0.2) is 5.11 Å². The van der Waals surface area contributed by atoms with E-state index >= 15 is 0 Å². The van der Waals surface area contributed by atoms with Crippen LogP contribution in [0.15, 0.2) is 29.4 Å². The van der Waals surface area contributed by atoms with Crippen molar-refractivity contribution in [2.45, 2.75) is 38.1 Å². The van der Waals surface area contributed by atoms with Crippen molar-refractivity contribution in [1.29, 1.82) is 0 Å². The molecule has 1 fully saturated rings. The Bertz CT molecular complexity index is 456. The third-order valence-corrected chi connectivity index (χ3v) is 3.40. The van der Waals surface area contributed by atoms with Crippen molar-refractivity contribution < 1.29 is 5.11 Å². The zero-order valence-corrected chi connectivity index (χ0v) is 11.6. The highest BCUT2D eigenvalue weighted by atomic mass is 32.1. The first-order chi connectivity index (χ1) is 9.24. The van der Waals surface area contributed by atoms with Crippen molar-refractivity contribution in [2.75, 3.05) is 0 Å². The zero-order chi connectivity index (χ0) is 13.5. The number of hydrogen-bond donors (Lipinski definition) is 3. The van der Waals surface area contributed by atoms with Gasteiger partial charge in [-0.15, -0.1) is 0 Å². The molecule has 0 aliphatic heterocycles. The van der Waals surface area contributed by atoms with Crippen LogP contribution in [0.4, 0.5) is 0 Å². The number of phenols is 1. The number of benzene rings is 1. The van der Waals surface area contributed by atoms with Gasteiger partial charge in [0.05, 0.1) is 6.21 Å². The van der Waals surface area contributed by atoms with Gasteiger partial charge in [0, 0.05) is 6.04 Å². The Kier molecular flexibility index (Phi) is 5.15. The van der Waals surface area contributed by atoms with Crippen LogP contribution >= 0.6 is 12.2 Å². The van der Waals surface area contributed by atoms with E-state index in [9.17, 15) is 5.11 Å². The molecule has 3 N–H and O–H groups in total. The third kappa shape index (κ3) is 4.87. The largest absolute Gasteiger partial charge is 0.508 e. The normalized spacial score (nSPS) is 16.4. The van der Waals surface area contributed by atoms with Gasteiger partial charge in [0.1, 0.15) is 5.75 Å². The summed E-state index contributed by atoms with van der Waals surface area (Å²) in [5.41, 5.74) is 3.63. The van der Waals surface area contributed by atoms with Crippen LogP contribution in [0, 0.1) is 0 Å². The summed E-state index contributed by atoms with van der Waals surface area (Å²) in [4.78, 5) is 0. The predicted molar refractivity (Wildman–Crippen MR) is 81.4 cm³/mol. The quantitative estimate of drug-likeness (QED) is 0.451. The number of aromatic hydroxyl groups is 1. The van der Waals surface area contributed by atoms with E-state index < -0.39 is 0 Å². The van der Waals surface area contributed by atoms with Crippen LogP contribution in [0.25, 0.3) is 0 Å². The first kappa shape index (κ1) is 13.8. The van der Waals surface area contributed by atoms with E-state index in [0.29, 0.717) is 11.2 Å². The van der Waals surface area contributed by atoms with E-state index in [1.807, 2.05) is 6.07 Å². The lowest BCUT2D eigenvalue weighted by molar-refractivity contribution is 0.412. The standard InChI is InChI=1S/C14H19N3OS/c18-13-8-4-5-11(9-13)10-15-17-14(19)16-12-6-2-1-3-7-12/h4-5,8-10,12,18H,1-3,6-7H2,(H2,16,17,19)/b15-10+. The Morgan fingerprint density at radius 1 is 1.32 bits per heavy atom. The van der Waals surface area contributed by atoms with Crippen molar-refractivity contribution in [2.24, 2.45) is 5.10 Å². The number of nitrogens with zero attached hydrogens (tertiary/aromatic N) is 1. The second-order valence-electron chi connectivity index (χ2n) is 4.77. The van der Waals surface area contributed by atoms with Crippen LogP contribution < -0.4 is 10.7 Å². The molecule has 0 bridgehead atoms. The van der Waals surface area contributed by atoms with Crippen LogP contribution in [0.3, 0.4) is 0 Å². The maximum atomic E-state index is 9.32. The van der Waals surface area contributed by atoms with Crippen LogP contribution in [0.1, 0.15) is 37.7 Å². The molecule has 2 rings (SSSR count). The average molecular weight is 277 g/mol. The highest BCUT2D eigenvalue weighted by Crippen LogP contribution is 2.17. The molecule has 0 spiro atoms. The van der Waals surface area contributed by atoms with Gasteiger partial charge in [-0.2, -0.15) is 5.10 Å². The van der Waals surface area contributed by atoms with Gasteiger partial charge in [-0.05, 0) is 42.8 Å². The Hall–Kier alpha value is -1.62. The van der Waals surface area contributed by atoms with Gasteiger partial charge in [-0.3, -0.25) is 5.43 Å². The van der Waals surface area contributed by atoms with E-state index in [2.05, 4.69) is 15.8 Å². The SMILES string of the molecule is Oc1cccc(/C=N/NC(=S)NC2CCCCC2)c1. The maximum absolute atomic E-state index is 9.32. The van der Waals surface area contributed by atoms with Gasteiger partial charge < -0.3 is 10.4 Å². The van der Waals surface area contributed by atoms with Crippen molar-refractivity contribution in [3.63, 3.8) is 0 Å². The molecule has 0 saturated heterocycles. The Morgan fingerprint density at radius 2 is 2.11 bits per heavy atom. The summed E-state index contributed by atoms with van der Waals surface area (Å²) in [6.45, 7) is 0. The summed E-state index contributed by atoms with van der Waals surface area (Å²) in [7, 11) is 0. The highest BCUT2D eigenvalue weighted by molar-refractivity contribution is 7.80. The Balaban J connectivity index is 1.76. The molecule has 5 heteroatoms. The monoisotopic (exact) mass is 277 g/mol. The molecule has 1 aliphatic rings. The molecule has 4 nitrogen and oxygen atoms in total. The second-order valence-corrected chi connectivity index (χ2v) is 5.18. The lowest BCUT2D eigenvalue weighted by Gasteiger charge is -2.23. The van der Waals surface area contributed by atoms with Crippen molar-refractivity contribution in [1.82, 2.24) is 10.7 Å². The molecule has 1 aliphatic carbocycles. The fourth-order valence-corrected chi connectivity index (χ4v) is 2.45. The minimum Gasteiger partial charge on any atom is -0.508 e. The fourth-order valence-electron chi connectivity index (χ4n) is 2.24. The lowest BCUT2D eigenvalue weighted by atomic mass is 9.96. The van der Waals surface area contributed by atoms with Crippen molar-refractivity contribution in [3.05, 3.63) is 29.8 Å². The number of thiocarbonyl (C=S) groups is 1. The molecule has 0 heterocycles. The first-order valence-electron chi connectivity index (χ1n) is 6.62. The maximum Gasteiger partial charge on any atom is 0.187 e. The van der Waals surface area contributed by atoms with Crippen LogP contribution in [-0.2, 0) is 0 Å². The summed E-state index contributed by atoms with van der Waals surface area (Å²) in [6.07, 6.45) is 7.86. The summed E-state index contributed by atoms with van der Waals surface area (Å²) < 4.78 is 0. The fraction of sp³-hybridized carbons (Fsp3) is 0.429. The topological polar surface area (TPSA) is 56.7 Å². The van der Waals surface area contributed by atoms with E-state index in [0.717, 1.165) is 5.56 Å². The number of hydrogen-bond acceptors (Lipinski definition) is 3. The molecule has 1 aromatic carbocycles. The second kappa shape index (κ2) is 7.09. The van der Waals surface area contributed by atoms with Gasteiger partial charge in [0.25, 0.3) is 0 Å². The highest BCUT2D eigenvalue weighted by Gasteiger charge is 2.13. The molecule has 0 aromatic heterocycles. The van der Waals surface area contributed by atoms with Crippen molar-refractivity contribution in [3.8, 4) is 5.75 Å². The van der Waals surface area contributed by atoms with E-state index in [1.54, 1.807) is 24.4 Å². The lowest BCUT2D eigenvalue weighted by Crippen LogP contribution is -2.40. The summed E-state index contributed by atoms with van der Waals surface area (Å²) in [5, 5.41) is 17.2. The van der Waals surface area contributed by atoms with E-state index in [4.69, 9.17) is 12.2 Å². The predicted octanol–water partition coefficient (Wildman–Crippen LogP) is 2.52. The smallest absolute Gasteiger partial charge is 0.187 e. The first-order valence-corrected chi connectivity index (χ1v) is 7.03. The third-order valence-electron chi connectivity index (χ3n) is 3.19. The number of phenolic OH excluding ortho intramolecular Hbond substituents is 1. The Morgan fingerprint density at radius 3 is 2.84 bits per heavy atom. The summed E-state index contributed by atoms with van der Waals surface area (Å²) in [5.74, 6) is 0.229. The van der Waals surface area contributed by atoms with Gasteiger partial charge >= 0.3 is 0 Å². The van der Waals surface area contributed by atoms with Gasteiger partial charge in [-0.25, -0.2) is 0 Å². The van der Waals surface area contributed by atoms with Crippen LogP contribution in [0.5, 0.6) is 5.75 Å². The molecule has 19 heavy (non-hydrogen) atoms. The van der Waals surface area contributed by atoms with Crippen molar-refractivity contribution >= 4 is 23.5 Å². The Labute approximate surface area is 118 Å². The number of hydrazone groups is 1. The molecule has 102 valence electrons. The minimum atomic E-state index is 0.229.